The predicted octanol–water partition coefficient (Wildman–Crippen LogP) is 2.14. The maximum atomic E-state index is 10.8. The topological polar surface area (TPSA) is 73.3 Å². The van der Waals surface area contributed by atoms with Gasteiger partial charge < -0.3 is 5.73 Å². The molecule has 0 amide bonds. The highest BCUT2D eigenvalue weighted by molar-refractivity contribution is 5.73. The lowest BCUT2D eigenvalue weighted by Crippen LogP contribution is -1.95. The van der Waals surface area contributed by atoms with Gasteiger partial charge >= 0.3 is 0 Å². The van der Waals surface area contributed by atoms with E-state index in [1.807, 2.05) is 28.7 Å². The summed E-state index contributed by atoms with van der Waals surface area (Å²) in [5.41, 5.74) is 9.99. The highest BCUT2D eigenvalue weighted by Crippen LogP contribution is 2.22. The van der Waals surface area contributed by atoms with Gasteiger partial charge in [0.05, 0.1) is 18.1 Å². The van der Waals surface area contributed by atoms with E-state index in [1.54, 1.807) is 18.6 Å². The number of benzene rings is 1. The minimum atomic E-state index is 0.365. The average molecular weight is 264 g/mol. The molecule has 0 saturated heterocycles. The van der Waals surface area contributed by atoms with Crippen LogP contribution < -0.4 is 5.73 Å². The van der Waals surface area contributed by atoms with E-state index in [4.69, 9.17) is 5.73 Å². The molecular weight excluding hydrogens is 252 g/mol. The van der Waals surface area contributed by atoms with Gasteiger partial charge in [0, 0.05) is 17.5 Å². The van der Waals surface area contributed by atoms with Gasteiger partial charge in [-0.15, -0.1) is 0 Å². The van der Waals surface area contributed by atoms with Crippen LogP contribution in [0.3, 0.4) is 0 Å². The molecule has 1 aromatic carbocycles. The van der Waals surface area contributed by atoms with Crippen molar-refractivity contribution in [3.05, 3.63) is 60.7 Å². The quantitative estimate of drug-likeness (QED) is 0.735. The molecule has 0 fully saturated rings. The minimum absolute atomic E-state index is 0.365. The van der Waals surface area contributed by atoms with Crippen LogP contribution in [0.25, 0.3) is 22.6 Å². The standard InChI is InChI=1S/C15H12N4O/c1-10(16)11-2-4-12(5-3-11)14-6-18-15-7-17-13(9-20)8-19(14)15/h2-9H,1,16H2. The molecule has 0 spiro atoms. The number of imidazole rings is 1. The van der Waals surface area contributed by atoms with Gasteiger partial charge in [-0.05, 0) is 5.56 Å². The Morgan fingerprint density at radius 3 is 2.60 bits per heavy atom. The zero-order valence-electron chi connectivity index (χ0n) is 10.7. The number of hydrogen-bond acceptors (Lipinski definition) is 4. The smallest absolute Gasteiger partial charge is 0.169 e. The number of hydrogen-bond donors (Lipinski definition) is 1. The normalized spacial score (nSPS) is 10.6. The van der Waals surface area contributed by atoms with Crippen molar-refractivity contribution in [2.75, 3.05) is 0 Å². The summed E-state index contributed by atoms with van der Waals surface area (Å²) in [5.74, 6) is 0. The predicted molar refractivity (Wildman–Crippen MR) is 77.0 cm³/mol. The van der Waals surface area contributed by atoms with Gasteiger partial charge in [0.1, 0.15) is 5.69 Å². The molecule has 5 nitrogen and oxygen atoms in total. The molecular formula is C15H12N4O. The second-order valence-electron chi connectivity index (χ2n) is 4.40. The lowest BCUT2D eigenvalue weighted by Gasteiger charge is -2.04. The van der Waals surface area contributed by atoms with E-state index in [-0.39, 0.29) is 0 Å². The molecule has 3 aromatic rings. The molecule has 0 aliphatic rings. The molecule has 0 aliphatic carbocycles. The molecule has 5 heteroatoms. The minimum Gasteiger partial charge on any atom is -0.399 e. The van der Waals surface area contributed by atoms with E-state index < -0.39 is 0 Å². The Labute approximate surface area is 115 Å². The maximum Gasteiger partial charge on any atom is 0.169 e. The lowest BCUT2D eigenvalue weighted by molar-refractivity contribution is 0.111. The maximum absolute atomic E-state index is 10.8. The van der Waals surface area contributed by atoms with E-state index in [0.29, 0.717) is 23.3 Å². The van der Waals surface area contributed by atoms with Crippen LogP contribution in [0.1, 0.15) is 16.1 Å². The number of nitrogens with zero attached hydrogens (tertiary/aromatic N) is 3. The van der Waals surface area contributed by atoms with Crippen molar-refractivity contribution in [2.45, 2.75) is 0 Å². The molecule has 2 N–H and O–H groups in total. The average Bonchev–Trinajstić information content (AvgIpc) is 2.90. The van der Waals surface area contributed by atoms with Crippen LogP contribution in [-0.2, 0) is 0 Å². The molecule has 0 radical (unpaired) electrons. The summed E-state index contributed by atoms with van der Waals surface area (Å²) < 4.78 is 1.84. The van der Waals surface area contributed by atoms with E-state index in [9.17, 15) is 4.79 Å². The summed E-state index contributed by atoms with van der Waals surface area (Å²) in [5, 5.41) is 0. The molecule has 20 heavy (non-hydrogen) atoms. The molecule has 98 valence electrons. The molecule has 0 aliphatic heterocycles. The van der Waals surface area contributed by atoms with Crippen LogP contribution in [0.2, 0.25) is 0 Å². The summed E-state index contributed by atoms with van der Waals surface area (Å²) in [7, 11) is 0. The van der Waals surface area contributed by atoms with Crippen LogP contribution >= 0.6 is 0 Å². The SMILES string of the molecule is C=C(N)c1ccc(-c2cnc3cnc(C=O)cn23)cc1. The molecule has 0 bridgehead atoms. The number of carbonyl (C=O) groups is 1. The first-order valence-electron chi connectivity index (χ1n) is 6.02. The second-order valence-corrected chi connectivity index (χ2v) is 4.40. The van der Waals surface area contributed by atoms with Crippen molar-refractivity contribution in [1.29, 1.82) is 0 Å². The third-order valence-electron chi connectivity index (χ3n) is 3.09. The van der Waals surface area contributed by atoms with Crippen molar-refractivity contribution in [3.63, 3.8) is 0 Å². The summed E-state index contributed by atoms with van der Waals surface area (Å²) in [6.07, 6.45) is 5.70. The van der Waals surface area contributed by atoms with E-state index in [1.165, 1.54) is 0 Å². The third-order valence-corrected chi connectivity index (χ3v) is 3.09. The highest BCUT2D eigenvalue weighted by Gasteiger charge is 2.07. The van der Waals surface area contributed by atoms with Gasteiger partial charge in [-0.1, -0.05) is 30.8 Å². The molecule has 0 unspecified atom stereocenters. The summed E-state index contributed by atoms with van der Waals surface area (Å²) in [6, 6.07) is 7.69. The Balaban J connectivity index is 2.13. The van der Waals surface area contributed by atoms with Gasteiger partial charge in [-0.25, -0.2) is 9.97 Å². The largest absolute Gasteiger partial charge is 0.399 e. The lowest BCUT2D eigenvalue weighted by atomic mass is 10.1. The van der Waals surface area contributed by atoms with Gasteiger partial charge in [0.2, 0.25) is 0 Å². The Morgan fingerprint density at radius 1 is 1.20 bits per heavy atom. The number of rotatable bonds is 3. The van der Waals surface area contributed by atoms with Crippen LogP contribution in [0.5, 0.6) is 0 Å². The molecule has 0 saturated carbocycles. The van der Waals surface area contributed by atoms with Gasteiger partial charge in [0.15, 0.2) is 11.9 Å². The van der Waals surface area contributed by atoms with Crippen molar-refractivity contribution >= 4 is 17.6 Å². The fraction of sp³-hybridized carbons (Fsp3) is 0. The van der Waals surface area contributed by atoms with E-state index in [2.05, 4.69) is 16.5 Å². The van der Waals surface area contributed by atoms with Crippen molar-refractivity contribution < 1.29 is 4.79 Å². The first-order valence-corrected chi connectivity index (χ1v) is 6.02. The first kappa shape index (κ1) is 12.1. The number of fused-ring (bicyclic) bond motifs is 1. The van der Waals surface area contributed by atoms with Crippen LogP contribution in [0.15, 0.2) is 49.4 Å². The Hall–Kier alpha value is -2.95. The molecule has 2 heterocycles. The van der Waals surface area contributed by atoms with Gasteiger partial charge in [0.25, 0.3) is 0 Å². The molecule has 2 aromatic heterocycles. The number of aldehydes is 1. The van der Waals surface area contributed by atoms with Crippen LogP contribution in [-0.4, -0.2) is 20.7 Å². The van der Waals surface area contributed by atoms with Gasteiger partial charge in [-0.2, -0.15) is 0 Å². The first-order chi connectivity index (χ1) is 9.69. The molecule has 0 atom stereocenters. The monoisotopic (exact) mass is 264 g/mol. The fourth-order valence-corrected chi connectivity index (χ4v) is 2.03. The van der Waals surface area contributed by atoms with Crippen molar-refractivity contribution in [2.24, 2.45) is 5.73 Å². The van der Waals surface area contributed by atoms with Crippen molar-refractivity contribution in [1.82, 2.24) is 14.4 Å². The number of carbonyl (C=O) groups excluding carboxylic acids is 1. The zero-order chi connectivity index (χ0) is 14.1. The van der Waals surface area contributed by atoms with Crippen molar-refractivity contribution in [3.8, 4) is 11.3 Å². The molecule has 3 rings (SSSR count). The van der Waals surface area contributed by atoms with Crippen LogP contribution in [0, 0.1) is 0 Å². The number of aromatic nitrogens is 3. The Kier molecular flexibility index (Phi) is 2.80. The summed E-state index contributed by atoms with van der Waals surface area (Å²) in [4.78, 5) is 19.1. The highest BCUT2D eigenvalue weighted by atomic mass is 16.1. The van der Waals surface area contributed by atoms with E-state index in [0.717, 1.165) is 16.8 Å². The third kappa shape index (κ3) is 1.95. The zero-order valence-corrected chi connectivity index (χ0v) is 10.7. The summed E-state index contributed by atoms with van der Waals surface area (Å²) in [6.45, 7) is 3.70. The van der Waals surface area contributed by atoms with Gasteiger partial charge in [-0.3, -0.25) is 9.20 Å². The Morgan fingerprint density at radius 2 is 1.95 bits per heavy atom. The fourth-order valence-electron chi connectivity index (χ4n) is 2.03. The van der Waals surface area contributed by atoms with Crippen LogP contribution in [0.4, 0.5) is 0 Å². The number of nitrogens with two attached hydrogens (primary N) is 1. The van der Waals surface area contributed by atoms with E-state index >= 15 is 0 Å². The summed E-state index contributed by atoms with van der Waals surface area (Å²) >= 11 is 0. The Bertz CT molecular complexity index is 802. The second kappa shape index (κ2) is 4.62.